The monoisotopic (exact) mass is 488 g/mol. The van der Waals surface area contributed by atoms with Gasteiger partial charge in [0.25, 0.3) is 0 Å². The summed E-state index contributed by atoms with van der Waals surface area (Å²) in [5.74, 6) is 0.514. The topological polar surface area (TPSA) is 59.1 Å². The van der Waals surface area contributed by atoms with E-state index in [-0.39, 0.29) is 12.5 Å². The minimum Gasteiger partial charge on any atom is -0.496 e. The molecule has 0 spiro atoms. The number of hydrogen-bond acceptors (Lipinski definition) is 4. The van der Waals surface area contributed by atoms with Crippen LogP contribution in [0.2, 0.25) is 0 Å². The van der Waals surface area contributed by atoms with Crippen molar-refractivity contribution in [3.63, 3.8) is 0 Å². The molecule has 0 bridgehead atoms. The largest absolute Gasteiger partial charge is 0.496 e. The van der Waals surface area contributed by atoms with E-state index in [1.54, 1.807) is 25.1 Å². The standard InChI is InChI=1S/C30H36N2O4/c1-7-18-32(29(34)36-30(2,3)4)26(20-22-16-17-23-12-8-9-13-24(23)19-22)28(33)31(5)21-25-14-10-11-15-27(25)35-6/h7-17,19,26H,1,18,20-21H2,2-6H3. The SMILES string of the molecule is C=CCN(C(=O)OC(C)(C)C)C(Cc1ccc2ccccc2c1)C(=O)N(C)Cc1ccccc1OC. The number of carbonyl (C=O) groups is 2. The molecule has 6 heteroatoms. The first-order valence-corrected chi connectivity index (χ1v) is 12.1. The fraction of sp³-hybridized carbons (Fsp3) is 0.333. The molecular formula is C30H36N2O4. The predicted molar refractivity (Wildman–Crippen MR) is 144 cm³/mol. The average molecular weight is 489 g/mol. The van der Waals surface area contributed by atoms with Crippen molar-refractivity contribution in [3.8, 4) is 5.75 Å². The Labute approximate surface area is 214 Å². The molecule has 6 nitrogen and oxygen atoms in total. The zero-order chi connectivity index (χ0) is 26.3. The second-order valence-corrected chi connectivity index (χ2v) is 9.83. The van der Waals surface area contributed by atoms with Crippen molar-refractivity contribution in [2.24, 2.45) is 0 Å². The highest BCUT2D eigenvalue weighted by atomic mass is 16.6. The number of methoxy groups -OCH3 is 1. The maximum absolute atomic E-state index is 13.9. The first kappa shape index (κ1) is 26.8. The normalized spacial score (nSPS) is 12.0. The number of carbonyl (C=O) groups excluding carboxylic acids is 2. The van der Waals surface area contributed by atoms with Crippen molar-refractivity contribution >= 4 is 22.8 Å². The summed E-state index contributed by atoms with van der Waals surface area (Å²) in [5, 5.41) is 2.20. The van der Waals surface area contributed by atoms with Crippen molar-refractivity contribution in [2.45, 2.75) is 45.4 Å². The van der Waals surface area contributed by atoms with E-state index < -0.39 is 17.7 Å². The van der Waals surface area contributed by atoms with Gasteiger partial charge in [0.1, 0.15) is 17.4 Å². The molecule has 0 radical (unpaired) electrons. The molecular weight excluding hydrogens is 452 g/mol. The molecule has 3 aromatic rings. The predicted octanol–water partition coefficient (Wildman–Crippen LogP) is 5.84. The molecule has 0 heterocycles. The maximum Gasteiger partial charge on any atom is 0.411 e. The Morgan fingerprint density at radius 3 is 2.33 bits per heavy atom. The fourth-order valence-electron chi connectivity index (χ4n) is 4.13. The number of benzene rings is 3. The first-order valence-electron chi connectivity index (χ1n) is 12.1. The van der Waals surface area contributed by atoms with Gasteiger partial charge < -0.3 is 14.4 Å². The van der Waals surface area contributed by atoms with Crippen molar-refractivity contribution in [2.75, 3.05) is 20.7 Å². The molecule has 0 aliphatic heterocycles. The van der Waals surface area contributed by atoms with E-state index in [1.165, 1.54) is 4.90 Å². The number of fused-ring (bicyclic) bond motifs is 1. The van der Waals surface area contributed by atoms with Crippen LogP contribution in [0.1, 0.15) is 31.9 Å². The quantitative estimate of drug-likeness (QED) is 0.355. The van der Waals surface area contributed by atoms with Crippen LogP contribution in [0.4, 0.5) is 4.79 Å². The average Bonchev–Trinajstić information content (AvgIpc) is 2.84. The van der Waals surface area contributed by atoms with Gasteiger partial charge in [0, 0.05) is 32.1 Å². The molecule has 0 saturated heterocycles. The molecule has 0 aliphatic rings. The van der Waals surface area contributed by atoms with Gasteiger partial charge in [-0.2, -0.15) is 0 Å². The summed E-state index contributed by atoms with van der Waals surface area (Å²) in [7, 11) is 3.35. The van der Waals surface area contributed by atoms with Crippen LogP contribution in [0.25, 0.3) is 10.8 Å². The highest BCUT2D eigenvalue weighted by molar-refractivity contribution is 5.87. The summed E-state index contributed by atoms with van der Waals surface area (Å²) in [4.78, 5) is 30.2. The van der Waals surface area contributed by atoms with E-state index in [9.17, 15) is 9.59 Å². The van der Waals surface area contributed by atoms with E-state index in [0.29, 0.717) is 18.7 Å². The van der Waals surface area contributed by atoms with E-state index in [2.05, 4.69) is 12.6 Å². The van der Waals surface area contributed by atoms with Gasteiger partial charge in [0.2, 0.25) is 5.91 Å². The molecule has 0 aromatic heterocycles. The maximum atomic E-state index is 13.9. The lowest BCUT2D eigenvalue weighted by Crippen LogP contribution is -2.52. The van der Waals surface area contributed by atoms with Crippen molar-refractivity contribution in [3.05, 3.63) is 90.5 Å². The lowest BCUT2D eigenvalue weighted by atomic mass is 9.99. The lowest BCUT2D eigenvalue weighted by molar-refractivity contribution is -0.136. The fourth-order valence-corrected chi connectivity index (χ4v) is 4.13. The van der Waals surface area contributed by atoms with Gasteiger partial charge in [-0.3, -0.25) is 9.69 Å². The Morgan fingerprint density at radius 2 is 1.67 bits per heavy atom. The Balaban J connectivity index is 1.96. The van der Waals surface area contributed by atoms with Crippen LogP contribution in [0.5, 0.6) is 5.75 Å². The second kappa shape index (κ2) is 11.8. The minimum absolute atomic E-state index is 0.182. The van der Waals surface area contributed by atoms with Crippen molar-refractivity contribution < 1.29 is 19.1 Å². The van der Waals surface area contributed by atoms with Gasteiger partial charge in [-0.15, -0.1) is 6.58 Å². The van der Waals surface area contributed by atoms with Gasteiger partial charge in [0.05, 0.1) is 7.11 Å². The molecule has 0 N–H and O–H groups in total. The number of amides is 2. The first-order chi connectivity index (χ1) is 17.1. The number of ether oxygens (including phenoxy) is 2. The zero-order valence-electron chi connectivity index (χ0n) is 21.9. The van der Waals surface area contributed by atoms with E-state index >= 15 is 0 Å². The summed E-state index contributed by atoms with van der Waals surface area (Å²) in [6, 6.07) is 21.0. The number of hydrogen-bond donors (Lipinski definition) is 0. The van der Waals surface area contributed by atoms with Crippen molar-refractivity contribution in [1.82, 2.24) is 9.80 Å². The highest BCUT2D eigenvalue weighted by Gasteiger charge is 2.34. The summed E-state index contributed by atoms with van der Waals surface area (Å²) in [6.07, 6.45) is 1.41. The summed E-state index contributed by atoms with van der Waals surface area (Å²) < 4.78 is 11.1. The number of para-hydroxylation sites is 1. The van der Waals surface area contributed by atoms with Crippen LogP contribution in [0, 0.1) is 0 Å². The van der Waals surface area contributed by atoms with Crippen LogP contribution in [0.15, 0.2) is 79.4 Å². The lowest BCUT2D eigenvalue weighted by Gasteiger charge is -2.34. The van der Waals surface area contributed by atoms with E-state index in [1.807, 2.05) is 81.4 Å². The van der Waals surface area contributed by atoms with E-state index in [4.69, 9.17) is 9.47 Å². The Hall–Kier alpha value is -3.80. The molecule has 0 fully saturated rings. The molecule has 1 atom stereocenters. The van der Waals surface area contributed by atoms with Crippen LogP contribution >= 0.6 is 0 Å². The summed E-state index contributed by atoms with van der Waals surface area (Å²) in [5.41, 5.74) is 1.14. The molecule has 36 heavy (non-hydrogen) atoms. The second-order valence-electron chi connectivity index (χ2n) is 9.83. The minimum atomic E-state index is -0.779. The van der Waals surface area contributed by atoms with Crippen molar-refractivity contribution in [1.29, 1.82) is 0 Å². The van der Waals surface area contributed by atoms with Gasteiger partial charge in [-0.05, 0) is 43.2 Å². The number of rotatable bonds is 9. The Morgan fingerprint density at radius 1 is 1.00 bits per heavy atom. The van der Waals surface area contributed by atoms with Crippen LogP contribution in [0.3, 0.4) is 0 Å². The number of likely N-dealkylation sites (N-methyl/N-ethyl adjacent to an activating group) is 1. The molecule has 1 unspecified atom stereocenters. The molecule has 2 amide bonds. The van der Waals surface area contributed by atoms with Gasteiger partial charge in [0.15, 0.2) is 0 Å². The molecule has 0 saturated carbocycles. The smallest absolute Gasteiger partial charge is 0.411 e. The zero-order valence-corrected chi connectivity index (χ0v) is 21.9. The number of nitrogens with zero attached hydrogens (tertiary/aromatic N) is 2. The third kappa shape index (κ3) is 6.87. The molecule has 3 rings (SSSR count). The van der Waals surface area contributed by atoms with Crippen LogP contribution in [-0.4, -0.2) is 54.1 Å². The molecule has 3 aromatic carbocycles. The molecule has 0 aliphatic carbocycles. The van der Waals surface area contributed by atoms with Gasteiger partial charge >= 0.3 is 6.09 Å². The Bertz CT molecular complexity index is 1210. The third-order valence-electron chi connectivity index (χ3n) is 5.83. The summed E-state index contributed by atoms with van der Waals surface area (Å²) in [6.45, 7) is 9.77. The Kier molecular flexibility index (Phi) is 8.75. The van der Waals surface area contributed by atoms with Crippen LogP contribution < -0.4 is 4.74 Å². The summed E-state index contributed by atoms with van der Waals surface area (Å²) >= 11 is 0. The molecule has 190 valence electrons. The van der Waals surface area contributed by atoms with E-state index in [0.717, 1.165) is 21.9 Å². The third-order valence-corrected chi connectivity index (χ3v) is 5.83. The van der Waals surface area contributed by atoms with Gasteiger partial charge in [-0.1, -0.05) is 66.7 Å². The highest BCUT2D eigenvalue weighted by Crippen LogP contribution is 2.23. The van der Waals surface area contributed by atoms with Gasteiger partial charge in [-0.25, -0.2) is 4.79 Å². The van der Waals surface area contributed by atoms with Crippen LogP contribution in [-0.2, 0) is 22.5 Å².